The van der Waals surface area contributed by atoms with Crippen LogP contribution in [0.4, 0.5) is 0 Å². The Morgan fingerprint density at radius 2 is 2.00 bits per heavy atom. The zero-order chi connectivity index (χ0) is 12.9. The van der Waals surface area contributed by atoms with E-state index in [-0.39, 0.29) is 11.9 Å². The normalized spacial score (nSPS) is 20.2. The molecule has 2 nitrogen and oxygen atoms in total. The lowest BCUT2D eigenvalue weighted by Crippen LogP contribution is -2.39. The predicted octanol–water partition coefficient (Wildman–Crippen LogP) is 3.30. The second-order valence-electron chi connectivity index (χ2n) is 4.60. The zero-order valence-electron chi connectivity index (χ0n) is 11.1. The summed E-state index contributed by atoms with van der Waals surface area (Å²) in [6.07, 6.45) is 8.11. The van der Waals surface area contributed by atoms with Crippen molar-refractivity contribution in [3.05, 3.63) is 11.6 Å². The molecule has 0 bridgehead atoms. The van der Waals surface area contributed by atoms with Crippen LogP contribution in [0.1, 0.15) is 33.6 Å². The maximum absolute atomic E-state index is 11.7. The molecule has 1 aliphatic rings. The summed E-state index contributed by atoms with van der Waals surface area (Å²) >= 11 is 0. The molecule has 0 fully saturated rings. The van der Waals surface area contributed by atoms with Crippen LogP contribution in [0.3, 0.4) is 0 Å². The molecule has 1 atom stereocenters. The third-order valence-electron chi connectivity index (χ3n) is 3.76. The number of terminal acetylenes is 1. The Morgan fingerprint density at radius 1 is 1.41 bits per heavy atom. The van der Waals surface area contributed by atoms with E-state index in [1.807, 2.05) is 6.08 Å². The van der Waals surface area contributed by atoms with E-state index < -0.39 is 8.32 Å². The summed E-state index contributed by atoms with van der Waals surface area (Å²) in [5.41, 5.74) is 0.767. The highest BCUT2D eigenvalue weighted by Crippen LogP contribution is 2.28. The Bertz CT molecular complexity index is 339. The average molecular weight is 250 g/mol. The Labute approximate surface area is 106 Å². The fourth-order valence-electron chi connectivity index (χ4n) is 2.35. The summed E-state index contributed by atoms with van der Waals surface area (Å²) in [7, 11) is -1.61. The van der Waals surface area contributed by atoms with Gasteiger partial charge in [0, 0.05) is 18.4 Å². The van der Waals surface area contributed by atoms with Crippen LogP contribution in [-0.4, -0.2) is 20.2 Å². The Morgan fingerprint density at radius 3 is 2.47 bits per heavy atom. The molecule has 3 heteroatoms. The average Bonchev–Trinajstić information content (AvgIpc) is 2.67. The molecule has 0 aromatic heterocycles. The fraction of sp³-hybridized carbons (Fsp3) is 0.643. The van der Waals surface area contributed by atoms with E-state index in [4.69, 9.17) is 10.8 Å². The maximum Gasteiger partial charge on any atom is 0.192 e. The van der Waals surface area contributed by atoms with E-state index in [0.717, 1.165) is 23.7 Å². The first-order valence-corrected chi connectivity index (χ1v) is 8.99. The molecule has 0 radical (unpaired) electrons. The van der Waals surface area contributed by atoms with Crippen LogP contribution in [0.5, 0.6) is 0 Å². The van der Waals surface area contributed by atoms with Crippen LogP contribution in [-0.2, 0) is 9.22 Å². The smallest absolute Gasteiger partial charge is 0.192 e. The highest BCUT2D eigenvalue weighted by Gasteiger charge is 2.34. The summed E-state index contributed by atoms with van der Waals surface area (Å²) in [6, 6.07) is 3.34. The molecular weight excluding hydrogens is 228 g/mol. The first-order valence-electron chi connectivity index (χ1n) is 6.46. The zero-order valence-corrected chi connectivity index (χ0v) is 12.1. The quantitative estimate of drug-likeness (QED) is 0.534. The summed E-state index contributed by atoms with van der Waals surface area (Å²) in [5.74, 6) is 2.70. The molecule has 0 spiro atoms. The molecule has 0 heterocycles. The molecule has 0 aromatic carbocycles. The standard InChI is InChI=1S/C14H22O2Si/c1-5-9-12-10-13(11-14(12)15)16-17(6-2,7-3)8-4/h1,10,13H,6-9,11H2,2-4H3/t13-/m1/s1. The van der Waals surface area contributed by atoms with E-state index in [0.29, 0.717) is 12.8 Å². The maximum atomic E-state index is 11.7. The lowest BCUT2D eigenvalue weighted by molar-refractivity contribution is -0.115. The topological polar surface area (TPSA) is 26.3 Å². The summed E-state index contributed by atoms with van der Waals surface area (Å²) in [5, 5.41) is 0. The molecule has 0 aliphatic heterocycles. The van der Waals surface area contributed by atoms with Gasteiger partial charge < -0.3 is 4.43 Å². The van der Waals surface area contributed by atoms with Crippen molar-refractivity contribution in [3.63, 3.8) is 0 Å². The van der Waals surface area contributed by atoms with Gasteiger partial charge in [-0.05, 0) is 24.2 Å². The fourth-order valence-corrected chi connectivity index (χ4v) is 5.15. The second kappa shape index (κ2) is 6.18. The molecule has 0 aromatic rings. The van der Waals surface area contributed by atoms with E-state index in [2.05, 4.69) is 26.7 Å². The largest absolute Gasteiger partial charge is 0.410 e. The molecule has 1 aliphatic carbocycles. The Balaban J connectivity index is 2.71. The van der Waals surface area contributed by atoms with Crippen LogP contribution >= 0.6 is 0 Å². The lowest BCUT2D eigenvalue weighted by Gasteiger charge is -2.30. The number of Topliss-reactive ketones (excluding diaryl/α,β-unsaturated/α-hetero) is 1. The summed E-state index contributed by atoms with van der Waals surface area (Å²) in [4.78, 5) is 11.7. The van der Waals surface area contributed by atoms with Gasteiger partial charge in [0.15, 0.2) is 14.1 Å². The van der Waals surface area contributed by atoms with Crippen molar-refractivity contribution in [2.24, 2.45) is 0 Å². The first kappa shape index (κ1) is 14.2. The van der Waals surface area contributed by atoms with Crippen LogP contribution < -0.4 is 0 Å². The van der Waals surface area contributed by atoms with Crippen LogP contribution in [0.15, 0.2) is 11.6 Å². The molecule has 17 heavy (non-hydrogen) atoms. The van der Waals surface area contributed by atoms with Gasteiger partial charge >= 0.3 is 0 Å². The third-order valence-corrected chi connectivity index (χ3v) is 8.43. The van der Waals surface area contributed by atoms with Gasteiger partial charge in [-0.1, -0.05) is 20.8 Å². The predicted molar refractivity (Wildman–Crippen MR) is 73.2 cm³/mol. The van der Waals surface area contributed by atoms with Crippen molar-refractivity contribution in [1.82, 2.24) is 0 Å². The highest BCUT2D eigenvalue weighted by molar-refractivity contribution is 6.73. The van der Waals surface area contributed by atoms with Crippen molar-refractivity contribution in [2.75, 3.05) is 0 Å². The van der Waals surface area contributed by atoms with Crippen molar-refractivity contribution in [1.29, 1.82) is 0 Å². The van der Waals surface area contributed by atoms with Gasteiger partial charge in [-0.15, -0.1) is 12.3 Å². The minimum atomic E-state index is -1.61. The second-order valence-corrected chi connectivity index (χ2v) is 9.32. The van der Waals surface area contributed by atoms with Crippen molar-refractivity contribution in [2.45, 2.75) is 57.8 Å². The highest BCUT2D eigenvalue weighted by atomic mass is 28.4. The van der Waals surface area contributed by atoms with Crippen LogP contribution in [0.25, 0.3) is 0 Å². The van der Waals surface area contributed by atoms with Gasteiger partial charge in [-0.2, -0.15) is 0 Å². The van der Waals surface area contributed by atoms with Crippen molar-refractivity contribution in [3.8, 4) is 12.3 Å². The monoisotopic (exact) mass is 250 g/mol. The number of rotatable bonds is 6. The van der Waals surface area contributed by atoms with Gasteiger partial charge in [0.25, 0.3) is 0 Å². The lowest BCUT2D eigenvalue weighted by atomic mass is 10.1. The van der Waals surface area contributed by atoms with E-state index >= 15 is 0 Å². The summed E-state index contributed by atoms with van der Waals surface area (Å²) < 4.78 is 6.27. The van der Waals surface area contributed by atoms with Gasteiger partial charge in [0.05, 0.1) is 6.10 Å². The number of carbonyl (C=O) groups is 1. The molecular formula is C14H22O2Si. The van der Waals surface area contributed by atoms with Crippen molar-refractivity contribution >= 4 is 14.1 Å². The molecule has 0 unspecified atom stereocenters. The van der Waals surface area contributed by atoms with Gasteiger partial charge in [0.1, 0.15) is 0 Å². The molecule has 94 valence electrons. The van der Waals surface area contributed by atoms with E-state index in [1.165, 1.54) is 0 Å². The van der Waals surface area contributed by atoms with Crippen molar-refractivity contribution < 1.29 is 9.22 Å². The molecule has 0 saturated heterocycles. The third kappa shape index (κ3) is 3.30. The molecule has 1 rings (SSSR count). The van der Waals surface area contributed by atoms with Crippen LogP contribution in [0.2, 0.25) is 18.1 Å². The number of hydrogen-bond acceptors (Lipinski definition) is 2. The van der Waals surface area contributed by atoms with Crippen LogP contribution in [0, 0.1) is 12.3 Å². The summed E-state index contributed by atoms with van der Waals surface area (Å²) in [6.45, 7) is 6.59. The van der Waals surface area contributed by atoms with E-state index in [1.54, 1.807) is 0 Å². The van der Waals surface area contributed by atoms with Gasteiger partial charge in [-0.3, -0.25) is 4.79 Å². The number of hydrogen-bond donors (Lipinski definition) is 0. The number of carbonyl (C=O) groups excluding carboxylic acids is 1. The number of allylic oxidation sites excluding steroid dienone is 1. The molecule has 0 N–H and O–H groups in total. The minimum absolute atomic E-state index is 0.0163. The van der Waals surface area contributed by atoms with E-state index in [9.17, 15) is 4.79 Å². The minimum Gasteiger partial charge on any atom is -0.410 e. The Hall–Kier alpha value is -0.853. The molecule has 0 saturated carbocycles. The first-order chi connectivity index (χ1) is 8.10. The Kier molecular flexibility index (Phi) is 5.17. The van der Waals surface area contributed by atoms with Gasteiger partial charge in [0.2, 0.25) is 0 Å². The molecule has 0 amide bonds. The van der Waals surface area contributed by atoms with Gasteiger partial charge in [-0.25, -0.2) is 0 Å². The SMILES string of the molecule is C#CCC1=C[C@@H](O[Si](CC)(CC)CC)CC1=O. The number of ketones is 1.